The van der Waals surface area contributed by atoms with Gasteiger partial charge in [0.05, 0.1) is 29.7 Å². The second kappa shape index (κ2) is 10.3. The minimum Gasteiger partial charge on any atom is -0.488 e. The molecule has 0 saturated carbocycles. The maximum absolute atomic E-state index is 15.0. The summed E-state index contributed by atoms with van der Waals surface area (Å²) in [4.78, 5) is 35.8. The van der Waals surface area contributed by atoms with Crippen molar-refractivity contribution in [3.05, 3.63) is 64.1 Å². The Labute approximate surface area is 243 Å². The van der Waals surface area contributed by atoms with Crippen molar-refractivity contribution in [2.24, 2.45) is 0 Å². The summed E-state index contributed by atoms with van der Waals surface area (Å²) < 4.78 is 63.6. The predicted molar refractivity (Wildman–Crippen MR) is 150 cm³/mol. The number of carbonyl (C=O) groups is 1. The molecule has 3 aliphatic rings. The van der Waals surface area contributed by atoms with Crippen LogP contribution in [0, 0.1) is 11.6 Å². The number of nitrogens with zero attached hydrogens (tertiary/aromatic N) is 5. The molecular formula is C29H28ClF4N5O3. The third-order valence-corrected chi connectivity index (χ3v) is 8.47. The molecule has 0 N–H and O–H groups in total. The molecule has 0 radical (unpaired) electrons. The summed E-state index contributed by atoms with van der Waals surface area (Å²) in [6.07, 6.45) is 1.26. The molecule has 4 heterocycles. The van der Waals surface area contributed by atoms with E-state index in [9.17, 15) is 22.8 Å². The SMILES string of the molecule is C=CC(=O)N1C[C@H](C)N(c2nc(=O)n3c4c(c(-c5ccc(F)cc5F)c(Cl)cc24)OCC3CN2CC(F)(F)C2)C[C@H]1C. The van der Waals surface area contributed by atoms with Crippen LogP contribution >= 0.6 is 11.6 Å². The highest BCUT2D eigenvalue weighted by Gasteiger charge is 2.45. The molecule has 0 bridgehead atoms. The molecule has 6 rings (SSSR count). The normalized spacial score (nSPS) is 23.5. The molecule has 2 saturated heterocycles. The van der Waals surface area contributed by atoms with Crippen LogP contribution < -0.4 is 15.3 Å². The topological polar surface area (TPSA) is 70.9 Å². The van der Waals surface area contributed by atoms with Gasteiger partial charge in [0, 0.05) is 54.3 Å². The van der Waals surface area contributed by atoms with E-state index in [1.54, 1.807) is 11.0 Å². The number of hydrogen-bond donors (Lipinski definition) is 0. The number of carbonyl (C=O) groups excluding carboxylic acids is 1. The molecule has 1 aromatic heterocycles. The first-order valence-electron chi connectivity index (χ1n) is 13.6. The van der Waals surface area contributed by atoms with Gasteiger partial charge in [-0.1, -0.05) is 18.2 Å². The molecule has 222 valence electrons. The lowest BCUT2D eigenvalue weighted by Gasteiger charge is -2.45. The Morgan fingerprint density at radius 3 is 2.60 bits per heavy atom. The number of piperazine rings is 1. The van der Waals surface area contributed by atoms with E-state index in [0.29, 0.717) is 29.8 Å². The fourth-order valence-electron chi connectivity index (χ4n) is 6.24. The minimum atomic E-state index is -2.79. The smallest absolute Gasteiger partial charge is 0.350 e. The first kappa shape index (κ1) is 28.5. The molecule has 3 aromatic rings. The number of benzene rings is 2. The van der Waals surface area contributed by atoms with Crippen LogP contribution in [0.1, 0.15) is 19.9 Å². The summed E-state index contributed by atoms with van der Waals surface area (Å²) in [7, 11) is 0. The zero-order valence-corrected chi connectivity index (χ0v) is 23.7. The monoisotopic (exact) mass is 605 g/mol. The largest absolute Gasteiger partial charge is 0.488 e. The van der Waals surface area contributed by atoms with Crippen LogP contribution in [-0.4, -0.2) is 82.6 Å². The second-order valence-electron chi connectivity index (χ2n) is 11.2. The number of anilines is 1. The maximum Gasteiger partial charge on any atom is 0.350 e. The first-order chi connectivity index (χ1) is 19.9. The van der Waals surface area contributed by atoms with Crippen LogP contribution in [0.3, 0.4) is 0 Å². The van der Waals surface area contributed by atoms with Crippen LogP contribution in [0.2, 0.25) is 5.02 Å². The number of alkyl halides is 2. The number of rotatable bonds is 5. The third kappa shape index (κ3) is 4.70. The first-order valence-corrected chi connectivity index (χ1v) is 13.9. The van der Waals surface area contributed by atoms with Crippen molar-refractivity contribution in [2.45, 2.75) is 37.9 Å². The summed E-state index contributed by atoms with van der Waals surface area (Å²) in [5.74, 6) is -4.20. The van der Waals surface area contributed by atoms with Gasteiger partial charge >= 0.3 is 5.69 Å². The molecule has 13 heteroatoms. The lowest BCUT2D eigenvalue weighted by atomic mass is 9.98. The summed E-state index contributed by atoms with van der Waals surface area (Å²) >= 11 is 6.76. The standard InChI is InChI=1S/C29H28ClF4N5O3/c1-4-23(40)37-9-16(3)38(10-15(37)2)27-20-8-21(30)24(19-6-5-17(31)7-22(19)32)26-25(20)39(28(41)35-27)18(12-42-26)11-36-13-29(33,34)14-36/h4-8,15-16,18H,1,9-14H2,2-3H3/t15-,16+,18?/m1/s1. The second-order valence-corrected chi connectivity index (χ2v) is 11.6. The third-order valence-electron chi connectivity index (χ3n) is 8.18. The van der Waals surface area contributed by atoms with Crippen molar-refractivity contribution >= 4 is 34.2 Å². The van der Waals surface area contributed by atoms with Crippen molar-refractivity contribution in [3.63, 3.8) is 0 Å². The predicted octanol–water partition coefficient (Wildman–Crippen LogP) is 4.49. The van der Waals surface area contributed by atoms with Gasteiger partial charge in [-0.3, -0.25) is 14.3 Å². The van der Waals surface area contributed by atoms with Crippen LogP contribution in [-0.2, 0) is 4.79 Å². The summed E-state index contributed by atoms with van der Waals surface area (Å²) in [6, 6.07) is 3.50. The molecule has 8 nitrogen and oxygen atoms in total. The number of amides is 1. The fourth-order valence-corrected chi connectivity index (χ4v) is 6.53. The van der Waals surface area contributed by atoms with E-state index < -0.39 is 42.4 Å². The Kier molecular flexibility index (Phi) is 6.96. The Morgan fingerprint density at radius 1 is 1.19 bits per heavy atom. The Bertz CT molecular complexity index is 1670. The molecule has 3 atom stereocenters. The van der Waals surface area contributed by atoms with Gasteiger partial charge in [0.1, 0.15) is 24.1 Å². The number of aromatic nitrogens is 2. The fraction of sp³-hybridized carbons (Fsp3) is 0.414. The molecule has 0 spiro atoms. The zero-order chi connectivity index (χ0) is 30.1. The van der Waals surface area contributed by atoms with Gasteiger partial charge in [0.25, 0.3) is 5.92 Å². The van der Waals surface area contributed by atoms with Gasteiger partial charge < -0.3 is 14.5 Å². The van der Waals surface area contributed by atoms with E-state index in [-0.39, 0.29) is 53.0 Å². The lowest BCUT2D eigenvalue weighted by molar-refractivity contribution is -0.134. The van der Waals surface area contributed by atoms with E-state index in [2.05, 4.69) is 11.6 Å². The Morgan fingerprint density at radius 2 is 1.93 bits per heavy atom. The van der Waals surface area contributed by atoms with E-state index in [0.717, 1.165) is 12.1 Å². The van der Waals surface area contributed by atoms with E-state index in [1.807, 2.05) is 18.7 Å². The highest BCUT2D eigenvalue weighted by molar-refractivity contribution is 6.35. The van der Waals surface area contributed by atoms with Crippen molar-refractivity contribution in [1.82, 2.24) is 19.4 Å². The number of halogens is 5. The summed E-state index contributed by atoms with van der Waals surface area (Å²) in [5, 5.41) is 0.542. The molecule has 0 aliphatic carbocycles. The van der Waals surface area contributed by atoms with Crippen LogP contribution in [0.25, 0.3) is 22.0 Å². The highest BCUT2D eigenvalue weighted by Crippen LogP contribution is 2.47. The average Bonchev–Trinajstić information content (AvgIpc) is 2.91. The van der Waals surface area contributed by atoms with Gasteiger partial charge in [0.15, 0.2) is 5.75 Å². The summed E-state index contributed by atoms with van der Waals surface area (Å²) in [5.41, 5.74) is -0.212. The average molecular weight is 606 g/mol. The molecule has 1 unspecified atom stereocenters. The van der Waals surface area contributed by atoms with Gasteiger partial charge in [-0.25, -0.2) is 22.4 Å². The lowest BCUT2D eigenvalue weighted by Crippen LogP contribution is -2.59. The molecular weight excluding hydrogens is 578 g/mol. The van der Waals surface area contributed by atoms with E-state index >= 15 is 4.39 Å². The highest BCUT2D eigenvalue weighted by atomic mass is 35.5. The van der Waals surface area contributed by atoms with Gasteiger partial charge in [-0.15, -0.1) is 0 Å². The number of likely N-dealkylation sites (tertiary alicyclic amines) is 1. The van der Waals surface area contributed by atoms with Crippen LogP contribution in [0.15, 0.2) is 41.7 Å². The number of ether oxygens (including phenoxy) is 1. The van der Waals surface area contributed by atoms with E-state index in [1.165, 1.54) is 21.6 Å². The zero-order valence-electron chi connectivity index (χ0n) is 22.9. The molecule has 2 fully saturated rings. The summed E-state index contributed by atoms with van der Waals surface area (Å²) in [6.45, 7) is 7.22. The van der Waals surface area contributed by atoms with Gasteiger partial charge in [-0.2, -0.15) is 4.98 Å². The van der Waals surface area contributed by atoms with Crippen molar-refractivity contribution in [2.75, 3.05) is 44.2 Å². The molecule has 3 aliphatic heterocycles. The quantitative estimate of drug-likeness (QED) is 0.315. The molecule has 1 amide bonds. The van der Waals surface area contributed by atoms with Crippen molar-refractivity contribution in [3.8, 4) is 16.9 Å². The molecule has 42 heavy (non-hydrogen) atoms. The minimum absolute atomic E-state index is 0.0185. The number of hydrogen-bond acceptors (Lipinski definition) is 6. The van der Waals surface area contributed by atoms with Crippen LogP contribution in [0.5, 0.6) is 5.75 Å². The van der Waals surface area contributed by atoms with E-state index in [4.69, 9.17) is 16.3 Å². The van der Waals surface area contributed by atoms with Crippen LogP contribution in [0.4, 0.5) is 23.4 Å². The Balaban J connectivity index is 1.54. The van der Waals surface area contributed by atoms with Gasteiger partial charge in [-0.05, 0) is 38.1 Å². The molecule has 2 aromatic carbocycles. The van der Waals surface area contributed by atoms with Crippen molar-refractivity contribution < 1.29 is 27.1 Å². The Hall–Kier alpha value is -3.64. The maximum atomic E-state index is 15.0. The van der Waals surface area contributed by atoms with Gasteiger partial charge in [0.2, 0.25) is 5.91 Å². The van der Waals surface area contributed by atoms with Crippen molar-refractivity contribution in [1.29, 1.82) is 0 Å².